The molecule has 1 unspecified atom stereocenters. The molecule has 0 aliphatic heterocycles. The molecule has 0 aliphatic rings. The fourth-order valence-corrected chi connectivity index (χ4v) is 1.72. The summed E-state index contributed by atoms with van der Waals surface area (Å²) < 4.78 is 0. The van der Waals surface area contributed by atoms with Gasteiger partial charge in [0, 0.05) is 13.1 Å². The van der Waals surface area contributed by atoms with Gasteiger partial charge < -0.3 is 10.6 Å². The first-order valence-electron chi connectivity index (χ1n) is 8.74. The zero-order valence-corrected chi connectivity index (χ0v) is 15.7. The van der Waals surface area contributed by atoms with Crippen molar-refractivity contribution in [2.24, 2.45) is 10.2 Å². The van der Waals surface area contributed by atoms with E-state index in [0.29, 0.717) is 19.5 Å². The minimum Gasteiger partial charge on any atom is -0.354 e. The number of carbonyl (C=O) groups excluding carboxylic acids is 2. The summed E-state index contributed by atoms with van der Waals surface area (Å²) in [4.78, 5) is 24.5. The molecule has 0 rings (SSSR count). The second-order valence-electron chi connectivity index (χ2n) is 6.61. The van der Waals surface area contributed by atoms with Gasteiger partial charge in [-0.3, -0.25) is 9.59 Å². The van der Waals surface area contributed by atoms with Crippen molar-refractivity contribution in [2.45, 2.75) is 84.7 Å². The van der Waals surface area contributed by atoms with Crippen LogP contribution in [0.1, 0.15) is 73.6 Å². The Morgan fingerprint density at radius 1 is 0.826 bits per heavy atom. The molecule has 0 aromatic heterocycles. The Morgan fingerprint density at radius 2 is 1.30 bits per heavy atom. The molecule has 0 fully saturated rings. The minimum absolute atomic E-state index is 0.139. The molecule has 0 saturated carbocycles. The van der Waals surface area contributed by atoms with Crippen molar-refractivity contribution in [2.75, 3.05) is 13.1 Å². The molecule has 0 spiro atoms. The van der Waals surface area contributed by atoms with Crippen molar-refractivity contribution in [3.8, 4) is 0 Å². The summed E-state index contributed by atoms with van der Waals surface area (Å²) >= 11 is 0. The molecular weight excluding hydrogens is 292 g/mol. The molecule has 0 aromatic rings. The summed E-state index contributed by atoms with van der Waals surface area (Å²) in [6.07, 6.45) is 4.45. The van der Waals surface area contributed by atoms with Gasteiger partial charge in [0.25, 0.3) is 0 Å². The lowest BCUT2D eigenvalue weighted by molar-refractivity contribution is -0.127. The number of azo groups is 1. The molecule has 0 bridgehead atoms. The molecule has 23 heavy (non-hydrogen) atoms. The van der Waals surface area contributed by atoms with Crippen molar-refractivity contribution in [1.29, 1.82) is 0 Å². The summed E-state index contributed by atoms with van der Waals surface area (Å²) in [5, 5.41) is 14.2. The van der Waals surface area contributed by atoms with E-state index in [0.717, 1.165) is 25.7 Å². The van der Waals surface area contributed by atoms with Crippen molar-refractivity contribution in [3.63, 3.8) is 0 Å². The van der Waals surface area contributed by atoms with Crippen LogP contribution in [0.3, 0.4) is 0 Å². The molecule has 0 saturated heterocycles. The van der Waals surface area contributed by atoms with Crippen LogP contribution in [-0.4, -0.2) is 36.0 Å². The third-order valence-corrected chi connectivity index (χ3v) is 3.89. The molecule has 1 atom stereocenters. The molecular formula is C17H34N4O2. The molecule has 2 N–H and O–H groups in total. The van der Waals surface area contributed by atoms with Crippen LogP contribution in [-0.2, 0) is 9.59 Å². The summed E-state index contributed by atoms with van der Waals surface area (Å²) in [6, 6.07) is 0. The van der Waals surface area contributed by atoms with E-state index in [4.69, 9.17) is 0 Å². The van der Waals surface area contributed by atoms with E-state index in [1.54, 1.807) is 20.8 Å². The maximum atomic E-state index is 12.3. The zero-order chi connectivity index (χ0) is 17.9. The smallest absolute Gasteiger partial charge is 0.249 e. The fraction of sp³-hybridized carbons (Fsp3) is 0.882. The van der Waals surface area contributed by atoms with E-state index in [9.17, 15) is 9.59 Å². The van der Waals surface area contributed by atoms with E-state index in [-0.39, 0.29) is 11.8 Å². The number of hydrogen-bond acceptors (Lipinski definition) is 4. The van der Waals surface area contributed by atoms with E-state index >= 15 is 0 Å². The summed E-state index contributed by atoms with van der Waals surface area (Å²) in [5.74, 6) is -0.307. The topological polar surface area (TPSA) is 82.9 Å². The molecule has 134 valence electrons. The first-order valence-corrected chi connectivity index (χ1v) is 8.74. The van der Waals surface area contributed by atoms with Gasteiger partial charge in [-0.1, -0.05) is 33.6 Å². The van der Waals surface area contributed by atoms with Crippen molar-refractivity contribution >= 4 is 11.8 Å². The Bertz CT molecular complexity index is 407. The summed E-state index contributed by atoms with van der Waals surface area (Å²) in [5.41, 5.74) is -1.91. The predicted octanol–water partition coefficient (Wildman–Crippen LogP) is 3.22. The number of nitrogens with one attached hydrogen (secondary N) is 2. The number of amides is 2. The molecule has 2 amide bonds. The molecule has 6 nitrogen and oxygen atoms in total. The molecule has 0 heterocycles. The second-order valence-corrected chi connectivity index (χ2v) is 6.61. The van der Waals surface area contributed by atoms with Crippen molar-refractivity contribution in [3.05, 3.63) is 0 Å². The molecule has 0 aliphatic carbocycles. The number of nitrogens with zero attached hydrogens (tertiary/aromatic N) is 2. The third kappa shape index (κ3) is 7.57. The lowest BCUT2D eigenvalue weighted by atomic mass is 9.99. The highest BCUT2D eigenvalue weighted by Crippen LogP contribution is 2.20. The average Bonchev–Trinajstić information content (AvgIpc) is 2.52. The normalized spacial score (nSPS) is 14.5. The first kappa shape index (κ1) is 21.5. The van der Waals surface area contributed by atoms with Crippen LogP contribution in [0.4, 0.5) is 0 Å². The highest BCUT2D eigenvalue weighted by Gasteiger charge is 2.34. The zero-order valence-electron chi connectivity index (χ0n) is 15.7. The SMILES string of the molecule is CCCCNC(=O)C(C)(C)N=NC(C)(CC)C(=O)NCCCC. The Labute approximate surface area is 140 Å². The summed E-state index contributed by atoms with van der Waals surface area (Å²) in [7, 11) is 0. The van der Waals surface area contributed by atoms with Gasteiger partial charge in [-0.25, -0.2) is 0 Å². The summed E-state index contributed by atoms with van der Waals surface area (Å²) in [6.45, 7) is 12.5. The highest BCUT2D eigenvalue weighted by atomic mass is 16.2. The van der Waals surface area contributed by atoms with Gasteiger partial charge in [-0.15, -0.1) is 0 Å². The van der Waals surface area contributed by atoms with Gasteiger partial charge in [-0.2, -0.15) is 10.2 Å². The Hall–Kier alpha value is -1.46. The van der Waals surface area contributed by atoms with E-state index < -0.39 is 11.1 Å². The monoisotopic (exact) mass is 326 g/mol. The third-order valence-electron chi connectivity index (χ3n) is 3.89. The van der Waals surface area contributed by atoms with E-state index in [1.165, 1.54) is 0 Å². The number of rotatable bonds is 11. The van der Waals surface area contributed by atoms with E-state index in [1.807, 2.05) is 6.92 Å². The number of carbonyl (C=O) groups is 2. The lowest BCUT2D eigenvalue weighted by Gasteiger charge is -2.24. The predicted molar refractivity (Wildman–Crippen MR) is 93.5 cm³/mol. The molecule has 0 radical (unpaired) electrons. The number of hydrogen-bond donors (Lipinski definition) is 2. The van der Waals surface area contributed by atoms with Gasteiger partial charge in [0.05, 0.1) is 0 Å². The fourth-order valence-electron chi connectivity index (χ4n) is 1.72. The molecule has 6 heteroatoms. The average molecular weight is 326 g/mol. The van der Waals surface area contributed by atoms with Crippen molar-refractivity contribution in [1.82, 2.24) is 10.6 Å². The minimum atomic E-state index is -0.978. The van der Waals surface area contributed by atoms with Crippen LogP contribution in [0.5, 0.6) is 0 Å². The van der Waals surface area contributed by atoms with Crippen LogP contribution in [0.15, 0.2) is 10.2 Å². The van der Waals surface area contributed by atoms with Crippen LogP contribution in [0.25, 0.3) is 0 Å². The Kier molecular flexibility index (Phi) is 9.68. The largest absolute Gasteiger partial charge is 0.354 e. The highest BCUT2D eigenvalue weighted by molar-refractivity contribution is 5.86. The van der Waals surface area contributed by atoms with Crippen molar-refractivity contribution < 1.29 is 9.59 Å². The standard InChI is InChI=1S/C17H34N4O2/c1-7-10-12-18-14(22)16(4,5)20-21-17(6,9-3)15(23)19-13-11-8-2/h7-13H2,1-6H3,(H,18,22)(H,19,23). The van der Waals surface area contributed by atoms with Crippen LogP contribution >= 0.6 is 0 Å². The number of unbranched alkanes of at least 4 members (excludes halogenated alkanes) is 2. The van der Waals surface area contributed by atoms with Gasteiger partial charge >= 0.3 is 0 Å². The Morgan fingerprint density at radius 3 is 1.74 bits per heavy atom. The first-order chi connectivity index (χ1) is 10.7. The second kappa shape index (κ2) is 10.3. The van der Waals surface area contributed by atoms with Gasteiger partial charge in [0.15, 0.2) is 11.1 Å². The van der Waals surface area contributed by atoms with Crippen LogP contribution in [0.2, 0.25) is 0 Å². The van der Waals surface area contributed by atoms with Crippen LogP contribution in [0, 0.1) is 0 Å². The lowest BCUT2D eigenvalue weighted by Crippen LogP contribution is -2.45. The van der Waals surface area contributed by atoms with E-state index in [2.05, 4.69) is 34.7 Å². The maximum absolute atomic E-state index is 12.3. The van der Waals surface area contributed by atoms with Crippen LogP contribution < -0.4 is 10.6 Å². The maximum Gasteiger partial charge on any atom is 0.249 e. The van der Waals surface area contributed by atoms with Gasteiger partial charge in [0.1, 0.15) is 0 Å². The Balaban J connectivity index is 4.82. The van der Waals surface area contributed by atoms with Gasteiger partial charge in [-0.05, 0) is 40.0 Å². The quantitative estimate of drug-likeness (QED) is 0.451. The molecule has 0 aromatic carbocycles. The van der Waals surface area contributed by atoms with Gasteiger partial charge in [0.2, 0.25) is 11.8 Å².